The molecule has 0 bridgehead atoms. The lowest BCUT2D eigenvalue weighted by atomic mass is 9.98. The fourth-order valence-corrected chi connectivity index (χ4v) is 4.96. The molecule has 0 radical (unpaired) electrons. The van der Waals surface area contributed by atoms with Gasteiger partial charge in [-0.15, -0.1) is 0 Å². The van der Waals surface area contributed by atoms with Gasteiger partial charge in [-0.2, -0.15) is 5.10 Å². The van der Waals surface area contributed by atoms with Crippen LogP contribution in [0.3, 0.4) is 0 Å². The standard InChI is InChI=1S/C27H28FN7O3/c1-16-21(14-31-27-26(16)29-4-7-38-27)20-9-17-11-23(30-13-18(17)10-22(20)28)32-24-12-19-3-5-34(6-8-37-2)25(36)15-35(19)33-24/h9-14,29H,3-8,15H2,1-2H3,(H,30,32,33). The van der Waals surface area contributed by atoms with E-state index in [-0.39, 0.29) is 18.3 Å². The van der Waals surface area contributed by atoms with Crippen molar-refractivity contribution in [2.24, 2.45) is 0 Å². The van der Waals surface area contributed by atoms with Crippen LogP contribution in [-0.2, 0) is 22.5 Å². The molecule has 0 aliphatic carbocycles. The molecule has 1 aromatic carbocycles. The summed E-state index contributed by atoms with van der Waals surface area (Å²) in [5.41, 5.74) is 3.81. The molecule has 0 saturated carbocycles. The van der Waals surface area contributed by atoms with Crippen LogP contribution in [0.2, 0.25) is 0 Å². The summed E-state index contributed by atoms with van der Waals surface area (Å²) >= 11 is 0. The van der Waals surface area contributed by atoms with E-state index in [4.69, 9.17) is 9.47 Å². The first-order valence-corrected chi connectivity index (χ1v) is 12.6. The van der Waals surface area contributed by atoms with Crippen molar-refractivity contribution >= 4 is 34.0 Å². The molecule has 196 valence electrons. The van der Waals surface area contributed by atoms with Crippen LogP contribution in [0.15, 0.2) is 36.7 Å². The number of fused-ring (bicyclic) bond motifs is 3. The summed E-state index contributed by atoms with van der Waals surface area (Å²) in [5.74, 6) is 1.39. The van der Waals surface area contributed by atoms with Crippen molar-refractivity contribution in [3.05, 3.63) is 53.7 Å². The second-order valence-corrected chi connectivity index (χ2v) is 9.43. The van der Waals surface area contributed by atoms with E-state index >= 15 is 4.39 Å². The van der Waals surface area contributed by atoms with Crippen molar-refractivity contribution in [2.75, 3.05) is 50.6 Å². The molecule has 10 nitrogen and oxygen atoms in total. The highest BCUT2D eigenvalue weighted by molar-refractivity contribution is 5.90. The van der Waals surface area contributed by atoms with E-state index in [0.717, 1.165) is 22.3 Å². The molecule has 6 rings (SSSR count). The Hall–Kier alpha value is -4.25. The quantitative estimate of drug-likeness (QED) is 0.400. The Morgan fingerprint density at radius 2 is 2.03 bits per heavy atom. The van der Waals surface area contributed by atoms with E-state index < -0.39 is 0 Å². The third-order valence-corrected chi connectivity index (χ3v) is 7.00. The van der Waals surface area contributed by atoms with Crippen LogP contribution < -0.4 is 15.4 Å². The fraction of sp³-hybridized carbons (Fsp3) is 0.333. The number of amides is 1. The van der Waals surface area contributed by atoms with Crippen LogP contribution in [0, 0.1) is 12.7 Å². The van der Waals surface area contributed by atoms with Gasteiger partial charge in [-0.3, -0.25) is 9.48 Å². The van der Waals surface area contributed by atoms with Crippen LogP contribution in [0.1, 0.15) is 11.3 Å². The number of ether oxygens (including phenoxy) is 2. The topological polar surface area (TPSA) is 106 Å². The fourth-order valence-electron chi connectivity index (χ4n) is 4.96. The molecular formula is C27H28FN7O3. The average molecular weight is 518 g/mol. The van der Waals surface area contributed by atoms with E-state index in [1.807, 2.05) is 25.1 Å². The Labute approximate surface area is 218 Å². The molecule has 2 aliphatic heterocycles. The Morgan fingerprint density at radius 1 is 1.13 bits per heavy atom. The molecule has 11 heteroatoms. The first kappa shape index (κ1) is 24.1. The van der Waals surface area contributed by atoms with Crippen molar-refractivity contribution in [2.45, 2.75) is 19.9 Å². The summed E-state index contributed by atoms with van der Waals surface area (Å²) in [4.78, 5) is 23.3. The van der Waals surface area contributed by atoms with Gasteiger partial charge in [-0.25, -0.2) is 14.4 Å². The zero-order valence-electron chi connectivity index (χ0n) is 21.3. The molecule has 2 N–H and O–H groups in total. The second kappa shape index (κ2) is 9.90. The van der Waals surface area contributed by atoms with Gasteiger partial charge in [-0.05, 0) is 36.1 Å². The molecule has 0 unspecified atom stereocenters. The first-order chi connectivity index (χ1) is 18.5. The molecule has 4 aromatic rings. The summed E-state index contributed by atoms with van der Waals surface area (Å²) in [6.07, 6.45) is 3.99. The third kappa shape index (κ3) is 4.49. The Bertz CT molecular complexity index is 1540. The molecule has 0 spiro atoms. The maximum absolute atomic E-state index is 15.2. The number of anilines is 3. The van der Waals surface area contributed by atoms with Crippen molar-refractivity contribution in [3.63, 3.8) is 0 Å². The highest BCUT2D eigenvalue weighted by atomic mass is 19.1. The van der Waals surface area contributed by atoms with E-state index in [1.54, 1.807) is 29.1 Å². The van der Waals surface area contributed by atoms with Crippen molar-refractivity contribution in [1.82, 2.24) is 24.6 Å². The summed E-state index contributed by atoms with van der Waals surface area (Å²) in [6.45, 7) is 5.04. The van der Waals surface area contributed by atoms with Crippen LogP contribution in [0.5, 0.6) is 5.88 Å². The van der Waals surface area contributed by atoms with Crippen LogP contribution in [0.4, 0.5) is 21.7 Å². The lowest BCUT2D eigenvalue weighted by Gasteiger charge is -2.21. The zero-order chi connectivity index (χ0) is 26.2. The molecular weight excluding hydrogens is 489 g/mol. The van der Waals surface area contributed by atoms with E-state index in [9.17, 15) is 4.79 Å². The summed E-state index contributed by atoms with van der Waals surface area (Å²) in [7, 11) is 1.63. The number of benzene rings is 1. The van der Waals surface area contributed by atoms with Gasteiger partial charge in [0.25, 0.3) is 0 Å². The maximum Gasteiger partial charge on any atom is 0.244 e. The highest BCUT2D eigenvalue weighted by Crippen LogP contribution is 2.37. The number of halogens is 1. The summed E-state index contributed by atoms with van der Waals surface area (Å²) in [5, 5.41) is 12.6. The molecule has 3 aromatic heterocycles. The number of nitrogens with zero attached hydrogens (tertiary/aromatic N) is 5. The predicted molar refractivity (Wildman–Crippen MR) is 141 cm³/mol. The SMILES string of the molecule is COCCN1CCc2cc(Nc3cc4cc(-c5cnc6c(c5C)NCCO6)c(F)cc4cn3)nn2CC1=O. The number of carbonyl (C=O) groups excluding carboxylic acids is 1. The number of aromatic nitrogens is 4. The molecule has 0 saturated heterocycles. The average Bonchev–Trinajstić information content (AvgIpc) is 3.22. The molecule has 0 atom stereocenters. The highest BCUT2D eigenvalue weighted by Gasteiger charge is 2.22. The van der Waals surface area contributed by atoms with Gasteiger partial charge in [-0.1, -0.05) is 0 Å². The molecule has 0 fully saturated rings. The van der Waals surface area contributed by atoms with Crippen LogP contribution >= 0.6 is 0 Å². The Balaban J connectivity index is 1.26. The van der Waals surface area contributed by atoms with Gasteiger partial charge in [0, 0.05) is 73.8 Å². The smallest absolute Gasteiger partial charge is 0.244 e. The number of hydrogen-bond donors (Lipinski definition) is 2. The normalized spacial score (nSPS) is 14.9. The van der Waals surface area contributed by atoms with Gasteiger partial charge in [0.05, 0.1) is 6.61 Å². The summed E-state index contributed by atoms with van der Waals surface area (Å²) < 4.78 is 27.6. The molecule has 1 amide bonds. The number of nitrogens with one attached hydrogen (secondary N) is 2. The van der Waals surface area contributed by atoms with Crippen LogP contribution in [0.25, 0.3) is 21.9 Å². The number of methoxy groups -OCH3 is 1. The predicted octanol–water partition coefficient (Wildman–Crippen LogP) is 3.52. The van der Waals surface area contributed by atoms with Crippen molar-refractivity contribution in [1.29, 1.82) is 0 Å². The van der Waals surface area contributed by atoms with E-state index in [1.165, 1.54) is 6.07 Å². The molecule has 2 aliphatic rings. The van der Waals surface area contributed by atoms with Gasteiger partial charge < -0.3 is 25.0 Å². The largest absolute Gasteiger partial charge is 0.474 e. The minimum Gasteiger partial charge on any atom is -0.474 e. The van der Waals surface area contributed by atoms with Crippen molar-refractivity contribution < 1.29 is 18.7 Å². The Kier molecular flexibility index (Phi) is 6.28. The van der Waals surface area contributed by atoms with Crippen molar-refractivity contribution in [3.8, 4) is 17.0 Å². The number of carbonyl (C=O) groups is 1. The molecule has 38 heavy (non-hydrogen) atoms. The minimum absolute atomic E-state index is 0.0163. The first-order valence-electron chi connectivity index (χ1n) is 12.6. The third-order valence-electron chi connectivity index (χ3n) is 7.00. The van der Waals surface area contributed by atoms with Gasteiger partial charge in [0.2, 0.25) is 11.8 Å². The van der Waals surface area contributed by atoms with E-state index in [0.29, 0.717) is 73.3 Å². The molecule has 5 heterocycles. The lowest BCUT2D eigenvalue weighted by Crippen LogP contribution is -2.35. The minimum atomic E-state index is -0.344. The zero-order valence-corrected chi connectivity index (χ0v) is 21.3. The maximum atomic E-state index is 15.2. The van der Waals surface area contributed by atoms with E-state index in [2.05, 4.69) is 25.7 Å². The second-order valence-electron chi connectivity index (χ2n) is 9.43. The number of rotatable bonds is 6. The monoisotopic (exact) mass is 517 g/mol. The van der Waals surface area contributed by atoms with Gasteiger partial charge >= 0.3 is 0 Å². The van der Waals surface area contributed by atoms with Gasteiger partial charge in [0.1, 0.15) is 30.5 Å². The lowest BCUT2D eigenvalue weighted by molar-refractivity contribution is -0.132. The van der Waals surface area contributed by atoms with Gasteiger partial charge in [0.15, 0.2) is 5.82 Å². The van der Waals surface area contributed by atoms with Crippen LogP contribution in [-0.4, -0.2) is 70.5 Å². The Morgan fingerprint density at radius 3 is 2.89 bits per heavy atom. The summed E-state index contributed by atoms with van der Waals surface area (Å²) in [6, 6.07) is 7.10. The number of pyridine rings is 2. The number of hydrogen-bond acceptors (Lipinski definition) is 8.